The van der Waals surface area contributed by atoms with Gasteiger partial charge in [0.05, 0.1) is 10.1 Å². The lowest BCUT2D eigenvalue weighted by Crippen LogP contribution is -2.75. The van der Waals surface area contributed by atoms with Crippen molar-refractivity contribution in [1.29, 1.82) is 0 Å². The van der Waals surface area contributed by atoms with E-state index < -0.39 is 26.3 Å². The molecular weight excluding hydrogens is 345 g/mol. The average Bonchev–Trinajstić information content (AvgIpc) is 2.21. The second-order valence-corrected chi connectivity index (χ2v) is 6.10. The van der Waals surface area contributed by atoms with Crippen molar-refractivity contribution < 1.29 is 14.6 Å². The van der Waals surface area contributed by atoms with Gasteiger partial charge in [0.2, 0.25) is 5.78 Å². The molecule has 2 aliphatic rings. The standard InChI is InChI=1S/C7H2Cl6O3/c8-1-2(9)6(12)5(1,11)3(14)4(10)16-7(6,13)15/h4,15H/t4-,5+,6-,7+/m1/s1. The van der Waals surface area contributed by atoms with Crippen molar-refractivity contribution in [3.63, 3.8) is 0 Å². The van der Waals surface area contributed by atoms with E-state index in [9.17, 15) is 9.90 Å². The summed E-state index contributed by atoms with van der Waals surface area (Å²) in [5.41, 5.74) is -1.56. The Morgan fingerprint density at radius 3 is 2.19 bits per heavy atom. The van der Waals surface area contributed by atoms with E-state index in [0.717, 1.165) is 0 Å². The van der Waals surface area contributed by atoms with Gasteiger partial charge < -0.3 is 9.84 Å². The summed E-state index contributed by atoms with van der Waals surface area (Å²) in [7, 11) is 0. The Morgan fingerprint density at radius 1 is 1.19 bits per heavy atom. The molecule has 1 aliphatic heterocycles. The van der Waals surface area contributed by atoms with Crippen LogP contribution in [0.15, 0.2) is 10.1 Å². The molecule has 0 aromatic carbocycles. The van der Waals surface area contributed by atoms with Crippen LogP contribution in [0.4, 0.5) is 0 Å². The first-order valence-corrected chi connectivity index (χ1v) is 6.15. The monoisotopic (exact) mass is 344 g/mol. The van der Waals surface area contributed by atoms with Crippen LogP contribution in [0.3, 0.4) is 0 Å². The first kappa shape index (κ1) is 13.5. The van der Waals surface area contributed by atoms with Gasteiger partial charge in [-0.1, -0.05) is 46.4 Å². The van der Waals surface area contributed by atoms with Crippen LogP contribution < -0.4 is 0 Å². The van der Waals surface area contributed by atoms with E-state index in [2.05, 4.69) is 4.74 Å². The third-order valence-electron chi connectivity index (χ3n) is 2.50. The fourth-order valence-electron chi connectivity index (χ4n) is 1.60. The van der Waals surface area contributed by atoms with Crippen LogP contribution in [0.5, 0.6) is 0 Å². The SMILES string of the molecule is O=C1[C@H](Cl)O[C@](O)(Cl)[C@@]2(Cl)C(Cl)=C(Cl)[C@]12Cl. The summed E-state index contributed by atoms with van der Waals surface area (Å²) in [4.78, 5) is 7.71. The number of carbonyl (C=O) groups is 1. The van der Waals surface area contributed by atoms with Crippen LogP contribution in [0.25, 0.3) is 0 Å². The van der Waals surface area contributed by atoms with Crippen LogP contribution in [0.2, 0.25) is 0 Å². The molecule has 16 heavy (non-hydrogen) atoms. The van der Waals surface area contributed by atoms with E-state index in [1.807, 2.05) is 0 Å². The number of aliphatic hydroxyl groups is 1. The Labute approximate surface area is 120 Å². The number of alkyl halides is 4. The van der Waals surface area contributed by atoms with Crippen molar-refractivity contribution in [2.24, 2.45) is 0 Å². The lowest BCUT2D eigenvalue weighted by atomic mass is 9.74. The number of halogens is 6. The smallest absolute Gasteiger partial charge is 0.275 e. The summed E-state index contributed by atoms with van der Waals surface area (Å²) in [6.45, 7) is 0. The summed E-state index contributed by atoms with van der Waals surface area (Å²) in [6.07, 6.45) is 0. The normalized spacial score (nSPS) is 52.4. The van der Waals surface area contributed by atoms with Crippen molar-refractivity contribution in [2.45, 2.75) is 20.6 Å². The number of rotatable bonds is 0. The number of Topliss-reactive ketones (excluding diaryl/α,β-unsaturated/α-hetero) is 1. The molecule has 0 amide bonds. The van der Waals surface area contributed by atoms with E-state index in [-0.39, 0.29) is 10.1 Å². The molecule has 0 aromatic heterocycles. The third-order valence-corrected chi connectivity index (χ3v) is 5.98. The molecule has 1 saturated heterocycles. The highest BCUT2D eigenvalue weighted by atomic mass is 35.5. The predicted molar refractivity (Wildman–Crippen MR) is 62.4 cm³/mol. The number of fused-ring (bicyclic) bond motifs is 1. The summed E-state index contributed by atoms with van der Waals surface area (Å²) in [5, 5.41) is 6.79. The number of hydrogen-bond acceptors (Lipinski definition) is 3. The highest BCUT2D eigenvalue weighted by molar-refractivity contribution is 6.64. The van der Waals surface area contributed by atoms with Crippen LogP contribution in [0, 0.1) is 0 Å². The zero-order valence-electron chi connectivity index (χ0n) is 7.11. The van der Waals surface area contributed by atoms with E-state index in [4.69, 9.17) is 69.6 Å². The Kier molecular flexibility index (Phi) is 2.99. The Morgan fingerprint density at radius 2 is 1.69 bits per heavy atom. The largest absolute Gasteiger partial charge is 0.351 e. The zero-order chi connectivity index (χ0) is 12.5. The van der Waals surface area contributed by atoms with E-state index in [1.165, 1.54) is 0 Å². The van der Waals surface area contributed by atoms with Crippen molar-refractivity contribution in [2.75, 3.05) is 0 Å². The molecule has 0 radical (unpaired) electrons. The maximum absolute atomic E-state index is 11.7. The first-order valence-electron chi connectivity index (χ1n) is 3.82. The molecule has 4 atom stereocenters. The maximum Gasteiger partial charge on any atom is 0.275 e. The fourth-order valence-corrected chi connectivity index (χ4v) is 4.14. The van der Waals surface area contributed by atoms with Crippen LogP contribution >= 0.6 is 69.6 Å². The molecule has 9 heteroatoms. The quantitative estimate of drug-likeness (QED) is 0.686. The molecule has 1 fully saturated rings. The van der Waals surface area contributed by atoms with Gasteiger partial charge in [0.25, 0.3) is 5.25 Å². The minimum Gasteiger partial charge on any atom is -0.351 e. The van der Waals surface area contributed by atoms with Gasteiger partial charge >= 0.3 is 0 Å². The molecular formula is C7H2Cl6O3. The number of ketones is 1. The van der Waals surface area contributed by atoms with Gasteiger partial charge in [-0.05, 0) is 0 Å². The van der Waals surface area contributed by atoms with Crippen LogP contribution in [-0.2, 0) is 9.53 Å². The topological polar surface area (TPSA) is 46.5 Å². The second kappa shape index (κ2) is 3.55. The van der Waals surface area contributed by atoms with Crippen molar-refractivity contribution in [3.05, 3.63) is 10.1 Å². The number of allylic oxidation sites excluding steroid dienone is 1. The summed E-state index contributed by atoms with van der Waals surface area (Å²) in [5.74, 6) is -0.828. The fraction of sp³-hybridized carbons (Fsp3) is 0.571. The number of carbonyl (C=O) groups excluding carboxylic acids is 1. The van der Waals surface area contributed by atoms with E-state index in [0.29, 0.717) is 0 Å². The molecule has 1 N–H and O–H groups in total. The Bertz CT molecular complexity index is 420. The van der Waals surface area contributed by atoms with Gasteiger partial charge in [-0.25, -0.2) is 0 Å². The maximum atomic E-state index is 11.7. The Balaban J connectivity index is 2.66. The van der Waals surface area contributed by atoms with Gasteiger partial charge in [0.15, 0.2) is 15.3 Å². The van der Waals surface area contributed by atoms with Gasteiger partial charge in [0.1, 0.15) is 0 Å². The second-order valence-electron chi connectivity index (χ2n) is 3.30. The molecule has 1 aliphatic carbocycles. The summed E-state index contributed by atoms with van der Waals surface area (Å²) >= 11 is 34.5. The first-order chi connectivity index (χ1) is 7.10. The average molecular weight is 347 g/mol. The highest BCUT2D eigenvalue weighted by Crippen LogP contribution is 2.67. The molecule has 0 spiro atoms. The minimum absolute atomic E-state index is 0.219. The molecule has 1 heterocycles. The lowest BCUT2D eigenvalue weighted by molar-refractivity contribution is -0.200. The number of hydrogen-bond donors (Lipinski definition) is 1. The van der Waals surface area contributed by atoms with E-state index >= 15 is 0 Å². The molecule has 2 rings (SSSR count). The minimum atomic E-state index is -2.52. The van der Waals surface area contributed by atoms with Crippen LogP contribution in [0.1, 0.15) is 0 Å². The third kappa shape index (κ3) is 1.19. The summed E-state index contributed by atoms with van der Waals surface area (Å²) in [6, 6.07) is 0. The van der Waals surface area contributed by atoms with Crippen molar-refractivity contribution >= 4 is 75.4 Å². The van der Waals surface area contributed by atoms with Gasteiger partial charge in [-0.3, -0.25) is 4.79 Å². The molecule has 0 bridgehead atoms. The molecule has 90 valence electrons. The molecule has 3 nitrogen and oxygen atoms in total. The highest BCUT2D eigenvalue weighted by Gasteiger charge is 2.80. The summed E-state index contributed by atoms with van der Waals surface area (Å²) < 4.78 is 4.65. The van der Waals surface area contributed by atoms with Gasteiger partial charge in [-0.2, -0.15) is 0 Å². The molecule has 0 unspecified atom stereocenters. The van der Waals surface area contributed by atoms with Crippen molar-refractivity contribution in [3.8, 4) is 0 Å². The lowest BCUT2D eigenvalue weighted by Gasteiger charge is -2.57. The molecule has 0 saturated carbocycles. The van der Waals surface area contributed by atoms with Crippen molar-refractivity contribution in [1.82, 2.24) is 0 Å². The van der Waals surface area contributed by atoms with E-state index in [1.54, 1.807) is 0 Å². The predicted octanol–water partition coefficient (Wildman–Crippen LogP) is 2.69. The van der Waals surface area contributed by atoms with Gasteiger partial charge in [-0.15, -0.1) is 23.2 Å². The zero-order valence-corrected chi connectivity index (χ0v) is 11.6. The Hall–Kier alpha value is 1.07. The van der Waals surface area contributed by atoms with Crippen LogP contribution in [-0.4, -0.2) is 31.4 Å². The molecule has 0 aromatic rings. The van der Waals surface area contributed by atoms with Gasteiger partial charge in [0, 0.05) is 0 Å². The number of ether oxygens (including phenoxy) is 1.